The first-order valence-corrected chi connectivity index (χ1v) is 6.31. The lowest BCUT2D eigenvalue weighted by molar-refractivity contribution is 0.0697. The van der Waals surface area contributed by atoms with Crippen molar-refractivity contribution in [3.05, 3.63) is 40.8 Å². The van der Waals surface area contributed by atoms with Gasteiger partial charge in [0.2, 0.25) is 0 Å². The Morgan fingerprint density at radius 3 is 2.90 bits per heavy atom. The molecule has 106 valence electrons. The molecular weight excluding hydrogens is 296 g/mol. The second-order valence-corrected chi connectivity index (χ2v) is 4.70. The zero-order valence-corrected chi connectivity index (χ0v) is 11.5. The topological polar surface area (TPSA) is 101 Å². The number of aryl methyl sites for hydroxylation is 1. The number of aromatic nitrogens is 3. The molecule has 1 aromatic carbocycles. The van der Waals surface area contributed by atoms with Gasteiger partial charge < -0.3 is 14.9 Å². The third kappa shape index (κ3) is 2.38. The van der Waals surface area contributed by atoms with Crippen LogP contribution in [0.4, 0.5) is 11.5 Å². The van der Waals surface area contributed by atoms with Gasteiger partial charge in [0.1, 0.15) is 17.5 Å². The van der Waals surface area contributed by atoms with Gasteiger partial charge in [0, 0.05) is 0 Å². The number of fused-ring (bicyclic) bond motifs is 1. The molecule has 0 aliphatic heterocycles. The number of hydrogen-bond donors (Lipinski definition) is 2. The molecule has 2 heterocycles. The Balaban J connectivity index is 2.03. The average molecular weight is 305 g/mol. The molecule has 7 nitrogen and oxygen atoms in total. The number of anilines is 2. The van der Waals surface area contributed by atoms with Gasteiger partial charge in [-0.3, -0.25) is 0 Å². The van der Waals surface area contributed by atoms with Crippen LogP contribution in [0.5, 0.6) is 0 Å². The predicted octanol–water partition coefficient (Wildman–Crippen LogP) is 3.02. The molecule has 3 aromatic rings. The number of rotatable bonds is 3. The van der Waals surface area contributed by atoms with Gasteiger partial charge in [-0.15, -0.1) is 0 Å². The Labute approximate surface area is 123 Å². The van der Waals surface area contributed by atoms with Crippen molar-refractivity contribution in [2.45, 2.75) is 6.92 Å². The quantitative estimate of drug-likeness (QED) is 0.766. The van der Waals surface area contributed by atoms with Gasteiger partial charge in [-0.25, -0.2) is 9.78 Å². The van der Waals surface area contributed by atoms with E-state index in [-0.39, 0.29) is 10.6 Å². The maximum absolute atomic E-state index is 10.9. The molecule has 0 fully saturated rings. The highest BCUT2D eigenvalue weighted by Crippen LogP contribution is 2.29. The van der Waals surface area contributed by atoms with Crippen LogP contribution < -0.4 is 5.32 Å². The van der Waals surface area contributed by atoms with E-state index in [9.17, 15) is 4.79 Å². The van der Waals surface area contributed by atoms with Gasteiger partial charge in [0.25, 0.3) is 5.71 Å². The highest BCUT2D eigenvalue weighted by molar-refractivity contribution is 6.33. The van der Waals surface area contributed by atoms with E-state index in [1.165, 1.54) is 18.5 Å². The molecule has 0 saturated heterocycles. The van der Waals surface area contributed by atoms with E-state index in [4.69, 9.17) is 21.2 Å². The summed E-state index contributed by atoms with van der Waals surface area (Å²) in [6.45, 7) is 1.77. The van der Waals surface area contributed by atoms with E-state index in [0.717, 1.165) is 0 Å². The van der Waals surface area contributed by atoms with Crippen LogP contribution in [0.1, 0.15) is 16.1 Å². The van der Waals surface area contributed by atoms with Crippen molar-refractivity contribution in [2.75, 3.05) is 5.32 Å². The summed E-state index contributed by atoms with van der Waals surface area (Å²) in [5, 5.41) is 16.7. The molecule has 0 spiro atoms. The number of carbonyl (C=O) groups is 1. The number of carboxylic acid groups (broad SMARTS) is 1. The van der Waals surface area contributed by atoms with Gasteiger partial charge in [-0.2, -0.15) is 4.98 Å². The van der Waals surface area contributed by atoms with Crippen LogP contribution >= 0.6 is 11.6 Å². The number of carboxylic acids is 1. The Morgan fingerprint density at radius 1 is 1.38 bits per heavy atom. The second kappa shape index (κ2) is 5.02. The Morgan fingerprint density at radius 2 is 2.19 bits per heavy atom. The molecule has 0 bridgehead atoms. The lowest BCUT2D eigenvalue weighted by Crippen LogP contribution is -1.99. The van der Waals surface area contributed by atoms with Crippen molar-refractivity contribution in [2.24, 2.45) is 0 Å². The average Bonchev–Trinajstić information content (AvgIpc) is 2.83. The Kier molecular flexibility index (Phi) is 3.19. The van der Waals surface area contributed by atoms with Crippen molar-refractivity contribution in [1.29, 1.82) is 0 Å². The number of nitrogens with zero attached hydrogens (tertiary/aromatic N) is 3. The number of nitrogens with one attached hydrogen (secondary N) is 1. The van der Waals surface area contributed by atoms with Crippen LogP contribution in [0.15, 0.2) is 29.0 Å². The van der Waals surface area contributed by atoms with Gasteiger partial charge in [0.05, 0.1) is 22.0 Å². The maximum Gasteiger partial charge on any atom is 0.335 e. The zero-order chi connectivity index (χ0) is 15.0. The number of aromatic carboxylic acids is 1. The molecule has 0 atom stereocenters. The van der Waals surface area contributed by atoms with E-state index in [1.807, 2.05) is 0 Å². The number of hydrogen-bond acceptors (Lipinski definition) is 6. The third-order valence-electron chi connectivity index (χ3n) is 2.91. The van der Waals surface area contributed by atoms with E-state index in [0.29, 0.717) is 28.3 Å². The fourth-order valence-corrected chi connectivity index (χ4v) is 2.12. The first-order chi connectivity index (χ1) is 10.1. The molecule has 0 amide bonds. The SMILES string of the molecule is Cc1noc2ncnc(Nc3ccc(C(=O)O)cc3Cl)c12. The lowest BCUT2D eigenvalue weighted by atomic mass is 10.2. The monoisotopic (exact) mass is 304 g/mol. The minimum atomic E-state index is -1.04. The van der Waals surface area contributed by atoms with Crippen molar-refractivity contribution in [3.8, 4) is 0 Å². The van der Waals surface area contributed by atoms with Crippen LogP contribution in [-0.2, 0) is 0 Å². The minimum absolute atomic E-state index is 0.111. The van der Waals surface area contributed by atoms with Gasteiger partial charge in [-0.1, -0.05) is 16.8 Å². The Bertz CT molecular complexity index is 847. The largest absolute Gasteiger partial charge is 0.478 e. The molecule has 8 heteroatoms. The van der Waals surface area contributed by atoms with Crippen LogP contribution in [0.3, 0.4) is 0 Å². The number of benzene rings is 1. The van der Waals surface area contributed by atoms with Crippen molar-refractivity contribution in [3.63, 3.8) is 0 Å². The normalized spacial score (nSPS) is 10.8. The summed E-state index contributed by atoms with van der Waals surface area (Å²) in [6, 6.07) is 4.39. The van der Waals surface area contributed by atoms with Gasteiger partial charge in [0.15, 0.2) is 0 Å². The molecule has 0 radical (unpaired) electrons. The highest BCUT2D eigenvalue weighted by Gasteiger charge is 2.14. The van der Waals surface area contributed by atoms with Crippen LogP contribution in [0.2, 0.25) is 5.02 Å². The summed E-state index contributed by atoms with van der Waals surface area (Å²) < 4.78 is 5.06. The van der Waals surface area contributed by atoms with Gasteiger partial charge >= 0.3 is 5.97 Å². The molecule has 2 N–H and O–H groups in total. The molecule has 0 aliphatic rings. The predicted molar refractivity (Wildman–Crippen MR) is 76.0 cm³/mol. The lowest BCUT2D eigenvalue weighted by Gasteiger charge is -2.08. The summed E-state index contributed by atoms with van der Waals surface area (Å²) in [4.78, 5) is 19.0. The van der Waals surface area contributed by atoms with Gasteiger partial charge in [-0.05, 0) is 25.1 Å². The highest BCUT2D eigenvalue weighted by atomic mass is 35.5. The summed E-state index contributed by atoms with van der Waals surface area (Å²) in [6.07, 6.45) is 1.34. The molecule has 0 unspecified atom stereocenters. The first kappa shape index (κ1) is 13.3. The van der Waals surface area contributed by atoms with Crippen LogP contribution in [-0.4, -0.2) is 26.2 Å². The van der Waals surface area contributed by atoms with Crippen molar-refractivity contribution in [1.82, 2.24) is 15.1 Å². The van der Waals surface area contributed by atoms with E-state index in [2.05, 4.69) is 20.4 Å². The Hall–Kier alpha value is -2.67. The van der Waals surface area contributed by atoms with Crippen LogP contribution in [0.25, 0.3) is 11.1 Å². The van der Waals surface area contributed by atoms with Crippen LogP contribution in [0, 0.1) is 6.92 Å². The first-order valence-electron chi connectivity index (χ1n) is 5.93. The summed E-state index contributed by atoms with van der Waals surface area (Å²) >= 11 is 6.08. The maximum atomic E-state index is 10.9. The fourth-order valence-electron chi connectivity index (χ4n) is 1.89. The van der Waals surface area contributed by atoms with Crippen molar-refractivity contribution < 1.29 is 14.4 Å². The minimum Gasteiger partial charge on any atom is -0.478 e. The summed E-state index contributed by atoms with van der Waals surface area (Å²) in [7, 11) is 0. The summed E-state index contributed by atoms with van der Waals surface area (Å²) in [5.74, 6) is -0.550. The summed E-state index contributed by atoms with van der Waals surface area (Å²) in [5.41, 5.74) is 1.65. The molecule has 3 rings (SSSR count). The number of halogens is 1. The smallest absolute Gasteiger partial charge is 0.335 e. The molecule has 0 saturated carbocycles. The van der Waals surface area contributed by atoms with Crippen molar-refractivity contribution >= 4 is 40.2 Å². The van der Waals surface area contributed by atoms with E-state index < -0.39 is 5.97 Å². The van der Waals surface area contributed by atoms with E-state index in [1.54, 1.807) is 13.0 Å². The third-order valence-corrected chi connectivity index (χ3v) is 3.23. The zero-order valence-electron chi connectivity index (χ0n) is 10.8. The molecule has 2 aromatic heterocycles. The second-order valence-electron chi connectivity index (χ2n) is 4.30. The molecular formula is C13H9ClN4O3. The van der Waals surface area contributed by atoms with E-state index >= 15 is 0 Å². The fraction of sp³-hybridized carbons (Fsp3) is 0.0769. The molecule has 0 aliphatic carbocycles. The standard InChI is InChI=1S/C13H9ClN4O3/c1-6-10-11(15-5-16-12(10)21-18-6)17-9-3-2-7(13(19)20)4-8(9)14/h2-5H,1H3,(H,19,20)(H,15,16,17). The molecule has 21 heavy (non-hydrogen) atoms.